The first-order valence-corrected chi connectivity index (χ1v) is 8.16. The van der Waals surface area contributed by atoms with Crippen molar-refractivity contribution in [1.82, 2.24) is 15.2 Å². The molecule has 0 atom stereocenters. The van der Waals surface area contributed by atoms with Crippen molar-refractivity contribution >= 4 is 5.69 Å². The van der Waals surface area contributed by atoms with Crippen molar-refractivity contribution in [2.24, 2.45) is 5.92 Å². The average Bonchev–Trinajstić information content (AvgIpc) is 2.46. The summed E-state index contributed by atoms with van der Waals surface area (Å²) >= 11 is 0. The van der Waals surface area contributed by atoms with Gasteiger partial charge in [-0.05, 0) is 52.4 Å². The Labute approximate surface area is 129 Å². The molecular formula is C17H30N4. The lowest BCUT2D eigenvalue weighted by atomic mass is 9.95. The van der Waals surface area contributed by atoms with Crippen LogP contribution in [0.25, 0.3) is 0 Å². The van der Waals surface area contributed by atoms with E-state index in [2.05, 4.69) is 54.1 Å². The number of piperidine rings is 1. The summed E-state index contributed by atoms with van der Waals surface area (Å²) < 4.78 is 0. The summed E-state index contributed by atoms with van der Waals surface area (Å²) in [6.45, 7) is 9.69. The third kappa shape index (κ3) is 4.68. The average molecular weight is 290 g/mol. The summed E-state index contributed by atoms with van der Waals surface area (Å²) in [5.41, 5.74) is 3.82. The van der Waals surface area contributed by atoms with Crippen molar-refractivity contribution < 1.29 is 0 Å². The van der Waals surface area contributed by atoms with E-state index in [1.807, 2.05) is 6.20 Å². The summed E-state index contributed by atoms with van der Waals surface area (Å²) in [6, 6.07) is 2.25. The maximum atomic E-state index is 4.47. The van der Waals surface area contributed by atoms with E-state index in [-0.39, 0.29) is 0 Å². The van der Waals surface area contributed by atoms with E-state index >= 15 is 0 Å². The summed E-state index contributed by atoms with van der Waals surface area (Å²) in [4.78, 5) is 9.33. The van der Waals surface area contributed by atoms with Gasteiger partial charge in [0.05, 0.1) is 0 Å². The summed E-state index contributed by atoms with van der Waals surface area (Å²) in [5, 5.41) is 3.43. The third-order valence-electron chi connectivity index (χ3n) is 4.24. The van der Waals surface area contributed by atoms with Crippen LogP contribution in [-0.4, -0.2) is 50.2 Å². The molecule has 2 heterocycles. The molecule has 1 aliphatic heterocycles. The molecule has 1 saturated heterocycles. The van der Waals surface area contributed by atoms with Crippen molar-refractivity contribution in [3.05, 3.63) is 23.5 Å². The Bertz CT molecular complexity index is 436. The normalized spacial score (nSPS) is 16.7. The fourth-order valence-electron chi connectivity index (χ4n) is 3.14. The highest BCUT2D eigenvalue weighted by Gasteiger charge is 2.21. The van der Waals surface area contributed by atoms with Gasteiger partial charge in [0.2, 0.25) is 0 Å². The SMILES string of the molecule is CCNCc1cnc(C)cc1N1CCC(CN(C)C)CC1. The first-order chi connectivity index (χ1) is 10.1. The molecule has 0 aromatic carbocycles. The second-order valence-corrected chi connectivity index (χ2v) is 6.43. The fourth-order valence-corrected chi connectivity index (χ4v) is 3.14. The van der Waals surface area contributed by atoms with Gasteiger partial charge in [-0.3, -0.25) is 4.98 Å². The van der Waals surface area contributed by atoms with Crippen LogP contribution in [0.15, 0.2) is 12.3 Å². The molecule has 0 bridgehead atoms. The minimum absolute atomic E-state index is 0.844. The number of nitrogens with one attached hydrogen (secondary N) is 1. The highest BCUT2D eigenvalue weighted by Crippen LogP contribution is 2.27. The van der Waals surface area contributed by atoms with Gasteiger partial charge >= 0.3 is 0 Å². The summed E-state index contributed by atoms with van der Waals surface area (Å²) in [7, 11) is 4.35. The first-order valence-electron chi connectivity index (χ1n) is 8.16. The largest absolute Gasteiger partial charge is 0.371 e. The van der Waals surface area contributed by atoms with Crippen LogP contribution >= 0.6 is 0 Å². The molecule has 0 saturated carbocycles. The number of pyridine rings is 1. The molecule has 1 aliphatic rings. The smallest absolute Gasteiger partial charge is 0.0445 e. The van der Waals surface area contributed by atoms with Gasteiger partial charge in [-0.1, -0.05) is 6.92 Å². The van der Waals surface area contributed by atoms with Gasteiger partial charge in [-0.15, -0.1) is 0 Å². The zero-order valence-electron chi connectivity index (χ0n) is 14.0. The molecule has 1 fully saturated rings. The van der Waals surface area contributed by atoms with E-state index in [1.165, 1.54) is 43.7 Å². The molecule has 0 amide bonds. The predicted octanol–water partition coefficient (Wildman–Crippen LogP) is 2.28. The molecule has 118 valence electrons. The first kappa shape index (κ1) is 16.2. The van der Waals surface area contributed by atoms with Crippen LogP contribution in [0.3, 0.4) is 0 Å². The second-order valence-electron chi connectivity index (χ2n) is 6.43. The van der Waals surface area contributed by atoms with E-state index in [9.17, 15) is 0 Å². The van der Waals surface area contributed by atoms with Gasteiger partial charge in [0.1, 0.15) is 0 Å². The molecular weight excluding hydrogens is 260 g/mol. The molecule has 2 rings (SSSR count). The van der Waals surface area contributed by atoms with Gasteiger partial charge < -0.3 is 15.1 Å². The van der Waals surface area contributed by atoms with Crippen molar-refractivity contribution in [2.75, 3.05) is 45.2 Å². The summed E-state index contributed by atoms with van der Waals surface area (Å²) in [5.74, 6) is 0.844. The Kier molecular flexibility index (Phi) is 6.00. The molecule has 0 aliphatic carbocycles. The van der Waals surface area contributed by atoms with Crippen LogP contribution in [0.5, 0.6) is 0 Å². The highest BCUT2D eigenvalue weighted by atomic mass is 15.1. The van der Waals surface area contributed by atoms with E-state index in [0.717, 1.165) is 24.7 Å². The topological polar surface area (TPSA) is 31.4 Å². The van der Waals surface area contributed by atoms with Gasteiger partial charge in [0.15, 0.2) is 0 Å². The number of aryl methyl sites for hydroxylation is 1. The molecule has 21 heavy (non-hydrogen) atoms. The van der Waals surface area contributed by atoms with Crippen LogP contribution in [0.1, 0.15) is 31.0 Å². The van der Waals surface area contributed by atoms with E-state index < -0.39 is 0 Å². The van der Waals surface area contributed by atoms with Gasteiger partial charge in [0.25, 0.3) is 0 Å². The zero-order chi connectivity index (χ0) is 15.2. The zero-order valence-corrected chi connectivity index (χ0v) is 14.0. The Morgan fingerprint density at radius 1 is 1.33 bits per heavy atom. The minimum Gasteiger partial charge on any atom is -0.371 e. The van der Waals surface area contributed by atoms with Crippen LogP contribution < -0.4 is 10.2 Å². The fraction of sp³-hybridized carbons (Fsp3) is 0.706. The monoisotopic (exact) mass is 290 g/mol. The van der Waals surface area contributed by atoms with E-state index in [1.54, 1.807) is 0 Å². The molecule has 0 unspecified atom stereocenters. The molecule has 4 heteroatoms. The number of rotatable bonds is 6. The molecule has 4 nitrogen and oxygen atoms in total. The van der Waals surface area contributed by atoms with Crippen LogP contribution in [0.2, 0.25) is 0 Å². The Morgan fingerprint density at radius 2 is 2.05 bits per heavy atom. The Hall–Kier alpha value is -1.13. The molecule has 0 spiro atoms. The Balaban J connectivity index is 2.03. The van der Waals surface area contributed by atoms with Crippen molar-refractivity contribution in [3.63, 3.8) is 0 Å². The molecule has 1 aromatic heterocycles. The lowest BCUT2D eigenvalue weighted by molar-refractivity contribution is 0.285. The molecule has 1 N–H and O–H groups in total. The maximum absolute atomic E-state index is 4.47. The van der Waals surface area contributed by atoms with Crippen molar-refractivity contribution in [3.8, 4) is 0 Å². The number of aromatic nitrogens is 1. The number of nitrogens with zero attached hydrogens (tertiary/aromatic N) is 3. The van der Waals surface area contributed by atoms with Gasteiger partial charge in [-0.25, -0.2) is 0 Å². The van der Waals surface area contributed by atoms with E-state index in [4.69, 9.17) is 0 Å². The lowest BCUT2D eigenvalue weighted by Crippen LogP contribution is -2.37. The third-order valence-corrected chi connectivity index (χ3v) is 4.24. The van der Waals surface area contributed by atoms with Crippen LogP contribution in [0, 0.1) is 12.8 Å². The quantitative estimate of drug-likeness (QED) is 0.871. The number of anilines is 1. The standard InChI is InChI=1S/C17H30N4/c1-5-18-11-16-12-19-14(2)10-17(16)21-8-6-15(7-9-21)13-20(3)4/h10,12,15,18H,5-9,11,13H2,1-4H3. The van der Waals surface area contributed by atoms with Crippen LogP contribution in [0.4, 0.5) is 5.69 Å². The van der Waals surface area contributed by atoms with Gasteiger partial charge in [-0.2, -0.15) is 0 Å². The summed E-state index contributed by atoms with van der Waals surface area (Å²) in [6.07, 6.45) is 4.62. The molecule has 1 aromatic rings. The van der Waals surface area contributed by atoms with Crippen molar-refractivity contribution in [2.45, 2.75) is 33.2 Å². The number of hydrogen-bond acceptors (Lipinski definition) is 4. The van der Waals surface area contributed by atoms with E-state index in [0.29, 0.717) is 0 Å². The predicted molar refractivity (Wildman–Crippen MR) is 89.8 cm³/mol. The molecule has 0 radical (unpaired) electrons. The Morgan fingerprint density at radius 3 is 2.67 bits per heavy atom. The maximum Gasteiger partial charge on any atom is 0.0445 e. The second kappa shape index (κ2) is 7.76. The van der Waals surface area contributed by atoms with Gasteiger partial charge in [0, 0.05) is 49.3 Å². The number of hydrogen-bond donors (Lipinski definition) is 1. The van der Waals surface area contributed by atoms with Crippen LogP contribution in [-0.2, 0) is 6.54 Å². The lowest BCUT2D eigenvalue weighted by Gasteiger charge is -2.35. The highest BCUT2D eigenvalue weighted by molar-refractivity contribution is 5.54. The van der Waals surface area contributed by atoms with Crippen molar-refractivity contribution in [1.29, 1.82) is 0 Å². The minimum atomic E-state index is 0.844.